The fourth-order valence-electron chi connectivity index (χ4n) is 1.35. The molecule has 0 aromatic carbocycles. The van der Waals surface area contributed by atoms with Crippen molar-refractivity contribution in [2.24, 2.45) is 0 Å². The third-order valence-electron chi connectivity index (χ3n) is 2.04. The molecule has 86 valence electrons. The maximum absolute atomic E-state index is 13.0. The molecule has 5 heteroatoms. The number of hydrogen-bond acceptors (Lipinski definition) is 2. The van der Waals surface area contributed by atoms with E-state index in [1.165, 1.54) is 13.2 Å². The van der Waals surface area contributed by atoms with E-state index < -0.39 is 5.92 Å². The minimum absolute atomic E-state index is 0.0475. The summed E-state index contributed by atoms with van der Waals surface area (Å²) < 4.78 is 32.6. The van der Waals surface area contributed by atoms with Crippen molar-refractivity contribution < 1.29 is 13.5 Å². The Morgan fingerprint density at radius 1 is 1.53 bits per heavy atom. The second kappa shape index (κ2) is 4.26. The van der Waals surface area contributed by atoms with E-state index in [-0.39, 0.29) is 11.7 Å². The van der Waals surface area contributed by atoms with Crippen LogP contribution in [0.15, 0.2) is 6.07 Å². The lowest BCUT2D eigenvalue weighted by molar-refractivity contribution is 0.0120. The van der Waals surface area contributed by atoms with E-state index in [0.717, 1.165) is 6.92 Å². The van der Waals surface area contributed by atoms with Crippen LogP contribution in [-0.4, -0.2) is 16.9 Å². The maximum Gasteiger partial charge on any atom is 0.288 e. The van der Waals surface area contributed by atoms with Crippen LogP contribution in [0.5, 0.6) is 0 Å². The number of nitrogens with zero attached hydrogens (tertiary/aromatic N) is 2. The van der Waals surface area contributed by atoms with Crippen LogP contribution in [0.25, 0.3) is 0 Å². The Kier molecular flexibility index (Phi) is 3.44. The van der Waals surface area contributed by atoms with Gasteiger partial charge in [0, 0.05) is 20.1 Å². The maximum atomic E-state index is 13.0. The standard InChI is InChI=1S/C10H16F2N2O/c1-7(2)14-8(6-15-4)5-9(13-14)10(3,11)12/h5,7H,6H2,1-4H3. The number of hydrogen-bond donors (Lipinski definition) is 0. The van der Waals surface area contributed by atoms with Gasteiger partial charge in [-0.05, 0) is 19.9 Å². The molecule has 1 aromatic rings. The number of alkyl halides is 2. The number of methoxy groups -OCH3 is 1. The SMILES string of the molecule is COCc1cc(C(C)(F)F)nn1C(C)C. The van der Waals surface area contributed by atoms with Gasteiger partial charge in [0.15, 0.2) is 0 Å². The molecule has 1 heterocycles. The van der Waals surface area contributed by atoms with Crippen LogP contribution in [0.4, 0.5) is 8.78 Å². The van der Waals surface area contributed by atoms with Gasteiger partial charge in [0.2, 0.25) is 0 Å². The molecule has 0 atom stereocenters. The fraction of sp³-hybridized carbons (Fsp3) is 0.700. The molecule has 0 bridgehead atoms. The lowest BCUT2D eigenvalue weighted by atomic mass is 10.2. The summed E-state index contributed by atoms with van der Waals surface area (Å²) >= 11 is 0. The molecule has 0 aliphatic rings. The molecule has 0 aliphatic carbocycles. The zero-order valence-electron chi connectivity index (χ0n) is 9.42. The van der Waals surface area contributed by atoms with Crippen molar-refractivity contribution in [3.8, 4) is 0 Å². The van der Waals surface area contributed by atoms with E-state index >= 15 is 0 Å². The van der Waals surface area contributed by atoms with Gasteiger partial charge >= 0.3 is 0 Å². The number of ether oxygens (including phenoxy) is 1. The van der Waals surface area contributed by atoms with Crippen LogP contribution in [0.1, 0.15) is 38.2 Å². The smallest absolute Gasteiger partial charge is 0.288 e. The lowest BCUT2D eigenvalue weighted by Gasteiger charge is -2.10. The molecule has 0 aliphatic heterocycles. The van der Waals surface area contributed by atoms with Gasteiger partial charge in [-0.3, -0.25) is 4.68 Å². The van der Waals surface area contributed by atoms with Crippen LogP contribution in [0.3, 0.4) is 0 Å². The second-order valence-electron chi connectivity index (χ2n) is 3.88. The Bertz CT molecular complexity index is 329. The second-order valence-corrected chi connectivity index (χ2v) is 3.88. The van der Waals surface area contributed by atoms with E-state index in [4.69, 9.17) is 4.74 Å². The van der Waals surface area contributed by atoms with Crippen LogP contribution in [0, 0.1) is 0 Å². The van der Waals surface area contributed by atoms with Gasteiger partial charge in [0.25, 0.3) is 5.92 Å². The van der Waals surface area contributed by atoms with Crippen molar-refractivity contribution in [3.05, 3.63) is 17.5 Å². The van der Waals surface area contributed by atoms with E-state index in [1.807, 2.05) is 13.8 Å². The zero-order chi connectivity index (χ0) is 11.6. The number of halogens is 2. The van der Waals surface area contributed by atoms with Gasteiger partial charge in [-0.25, -0.2) is 0 Å². The van der Waals surface area contributed by atoms with E-state index in [0.29, 0.717) is 12.3 Å². The summed E-state index contributed by atoms with van der Waals surface area (Å²) in [6.45, 7) is 4.92. The summed E-state index contributed by atoms with van der Waals surface area (Å²) in [5.74, 6) is -2.90. The van der Waals surface area contributed by atoms with Gasteiger partial charge < -0.3 is 4.74 Å². The molecule has 0 radical (unpaired) electrons. The highest BCUT2D eigenvalue weighted by Gasteiger charge is 2.29. The average molecular weight is 218 g/mol. The molecule has 0 fully saturated rings. The first-order valence-electron chi connectivity index (χ1n) is 4.82. The molecular weight excluding hydrogens is 202 g/mol. The van der Waals surface area contributed by atoms with Crippen molar-refractivity contribution in [1.82, 2.24) is 9.78 Å². The van der Waals surface area contributed by atoms with Gasteiger partial charge in [0.1, 0.15) is 5.69 Å². The molecule has 0 unspecified atom stereocenters. The quantitative estimate of drug-likeness (QED) is 0.777. The molecule has 0 saturated carbocycles. The lowest BCUT2D eigenvalue weighted by Crippen LogP contribution is -2.11. The molecule has 1 rings (SSSR count). The van der Waals surface area contributed by atoms with E-state index in [2.05, 4.69) is 5.10 Å². The summed E-state index contributed by atoms with van der Waals surface area (Å²) in [5, 5.41) is 3.89. The van der Waals surface area contributed by atoms with E-state index in [9.17, 15) is 8.78 Å². The van der Waals surface area contributed by atoms with Crippen molar-refractivity contribution in [1.29, 1.82) is 0 Å². The molecule has 0 N–H and O–H groups in total. The molecule has 0 amide bonds. The molecular formula is C10H16F2N2O. The molecule has 15 heavy (non-hydrogen) atoms. The van der Waals surface area contributed by atoms with Crippen LogP contribution in [0.2, 0.25) is 0 Å². The average Bonchev–Trinajstić information content (AvgIpc) is 2.48. The monoisotopic (exact) mass is 218 g/mol. The largest absolute Gasteiger partial charge is 0.378 e. The third kappa shape index (κ3) is 2.75. The first kappa shape index (κ1) is 12.1. The van der Waals surface area contributed by atoms with Crippen molar-refractivity contribution in [3.63, 3.8) is 0 Å². The topological polar surface area (TPSA) is 27.1 Å². The first-order valence-corrected chi connectivity index (χ1v) is 4.82. The molecule has 0 saturated heterocycles. The summed E-state index contributed by atoms with van der Waals surface area (Å²) in [4.78, 5) is 0. The highest BCUT2D eigenvalue weighted by atomic mass is 19.3. The Hall–Kier alpha value is -0.970. The normalized spacial score (nSPS) is 12.5. The minimum Gasteiger partial charge on any atom is -0.378 e. The minimum atomic E-state index is -2.90. The molecule has 1 aromatic heterocycles. The molecule has 0 spiro atoms. The van der Waals surface area contributed by atoms with Gasteiger partial charge in [-0.2, -0.15) is 13.9 Å². The summed E-state index contributed by atoms with van der Waals surface area (Å²) in [6, 6.07) is 1.44. The predicted octanol–water partition coefficient (Wildman–Crippen LogP) is 2.72. The van der Waals surface area contributed by atoms with Crippen LogP contribution in [-0.2, 0) is 17.3 Å². The third-order valence-corrected chi connectivity index (χ3v) is 2.04. The number of rotatable bonds is 4. The summed E-state index contributed by atoms with van der Waals surface area (Å²) in [5.41, 5.74) is 0.465. The van der Waals surface area contributed by atoms with Crippen LogP contribution < -0.4 is 0 Å². The summed E-state index contributed by atoms with van der Waals surface area (Å²) in [7, 11) is 1.53. The van der Waals surface area contributed by atoms with Gasteiger partial charge in [-0.15, -0.1) is 0 Å². The predicted molar refractivity (Wildman–Crippen MR) is 52.9 cm³/mol. The Morgan fingerprint density at radius 3 is 2.53 bits per heavy atom. The van der Waals surface area contributed by atoms with E-state index in [1.54, 1.807) is 4.68 Å². The molecule has 3 nitrogen and oxygen atoms in total. The number of aromatic nitrogens is 2. The Balaban J connectivity index is 3.09. The highest BCUT2D eigenvalue weighted by Crippen LogP contribution is 2.27. The summed E-state index contributed by atoms with van der Waals surface area (Å²) in [6.07, 6.45) is 0. The van der Waals surface area contributed by atoms with Crippen molar-refractivity contribution in [2.75, 3.05) is 7.11 Å². The fourth-order valence-corrected chi connectivity index (χ4v) is 1.35. The Labute approximate surface area is 88.0 Å². The highest BCUT2D eigenvalue weighted by molar-refractivity contribution is 5.14. The van der Waals surface area contributed by atoms with Crippen molar-refractivity contribution in [2.45, 2.75) is 39.3 Å². The first-order chi connectivity index (χ1) is 6.86. The van der Waals surface area contributed by atoms with Gasteiger partial charge in [-0.1, -0.05) is 0 Å². The van der Waals surface area contributed by atoms with Crippen molar-refractivity contribution >= 4 is 0 Å². The zero-order valence-corrected chi connectivity index (χ0v) is 9.42. The Morgan fingerprint density at radius 2 is 2.13 bits per heavy atom. The van der Waals surface area contributed by atoms with Crippen LogP contribution >= 0.6 is 0 Å². The van der Waals surface area contributed by atoms with Gasteiger partial charge in [0.05, 0.1) is 12.3 Å².